The summed E-state index contributed by atoms with van der Waals surface area (Å²) in [7, 11) is 0. The molecule has 25 heavy (non-hydrogen) atoms. The number of hydrogen-bond donors (Lipinski definition) is 2. The lowest BCUT2D eigenvalue weighted by atomic mass is 10.1. The van der Waals surface area contributed by atoms with Crippen molar-refractivity contribution in [3.63, 3.8) is 0 Å². The molecule has 0 saturated heterocycles. The molecule has 1 aromatic carbocycles. The molecule has 126 valence electrons. The molecule has 6 heteroatoms. The average molecular weight is 334 g/mol. The third kappa shape index (κ3) is 4.62. The number of nitrogens with one attached hydrogen (secondary N) is 1. The van der Waals surface area contributed by atoms with E-state index >= 15 is 0 Å². The maximum absolute atomic E-state index is 11.9. The number of amides is 1. The van der Waals surface area contributed by atoms with E-state index in [0.717, 1.165) is 16.8 Å². The lowest BCUT2D eigenvalue weighted by molar-refractivity contribution is -0.116. The van der Waals surface area contributed by atoms with Crippen molar-refractivity contribution in [2.45, 2.75) is 6.10 Å². The van der Waals surface area contributed by atoms with Crippen LogP contribution in [-0.2, 0) is 4.79 Å². The molecular formula is C19H18N4O2. The molecule has 3 rings (SSSR count). The van der Waals surface area contributed by atoms with Gasteiger partial charge >= 0.3 is 0 Å². The Balaban J connectivity index is 1.52. The van der Waals surface area contributed by atoms with Gasteiger partial charge in [0.2, 0.25) is 5.91 Å². The molecule has 1 unspecified atom stereocenters. The molecule has 2 N–H and O–H groups in total. The number of imidazole rings is 1. The minimum absolute atomic E-state index is 0.146. The number of aliphatic hydroxyl groups excluding tert-OH is 1. The van der Waals surface area contributed by atoms with Crippen molar-refractivity contribution in [2.75, 3.05) is 6.54 Å². The molecule has 1 atom stereocenters. The van der Waals surface area contributed by atoms with E-state index in [9.17, 15) is 9.90 Å². The molecule has 0 radical (unpaired) electrons. The van der Waals surface area contributed by atoms with Crippen LogP contribution in [0.15, 0.2) is 73.6 Å². The normalized spacial score (nSPS) is 12.2. The van der Waals surface area contributed by atoms with Crippen LogP contribution < -0.4 is 5.32 Å². The Bertz CT molecular complexity index is 828. The van der Waals surface area contributed by atoms with Crippen molar-refractivity contribution in [1.29, 1.82) is 0 Å². The Morgan fingerprint density at radius 1 is 1.12 bits per heavy atom. The number of aromatic nitrogens is 3. The van der Waals surface area contributed by atoms with Crippen molar-refractivity contribution in [3.05, 3.63) is 84.7 Å². The van der Waals surface area contributed by atoms with Crippen LogP contribution in [0.4, 0.5) is 0 Å². The van der Waals surface area contributed by atoms with Gasteiger partial charge in [-0.05, 0) is 41.5 Å². The molecule has 6 nitrogen and oxygen atoms in total. The molecular weight excluding hydrogens is 316 g/mol. The highest BCUT2D eigenvalue weighted by molar-refractivity contribution is 5.91. The number of hydrogen-bond acceptors (Lipinski definition) is 4. The van der Waals surface area contributed by atoms with Gasteiger partial charge in [-0.25, -0.2) is 4.98 Å². The molecule has 0 spiro atoms. The minimum Gasteiger partial charge on any atom is -0.387 e. The molecule has 0 aliphatic rings. The lowest BCUT2D eigenvalue weighted by Gasteiger charge is -2.10. The van der Waals surface area contributed by atoms with Gasteiger partial charge in [-0.1, -0.05) is 12.1 Å². The second-order valence-electron chi connectivity index (χ2n) is 5.44. The predicted octanol–water partition coefficient (Wildman–Crippen LogP) is 2.13. The monoisotopic (exact) mass is 334 g/mol. The predicted molar refractivity (Wildman–Crippen MR) is 94.8 cm³/mol. The summed E-state index contributed by atoms with van der Waals surface area (Å²) in [5, 5.41) is 12.7. The highest BCUT2D eigenvalue weighted by Crippen LogP contribution is 2.11. The zero-order chi connectivity index (χ0) is 17.5. The molecule has 2 heterocycles. The Hall–Kier alpha value is -3.25. The van der Waals surface area contributed by atoms with Gasteiger partial charge in [0, 0.05) is 43.1 Å². The van der Waals surface area contributed by atoms with Gasteiger partial charge < -0.3 is 15.0 Å². The van der Waals surface area contributed by atoms with E-state index < -0.39 is 6.10 Å². The summed E-state index contributed by atoms with van der Waals surface area (Å²) in [6.45, 7) is 0.146. The molecule has 0 fully saturated rings. The van der Waals surface area contributed by atoms with Gasteiger partial charge in [0.15, 0.2) is 0 Å². The summed E-state index contributed by atoms with van der Waals surface area (Å²) >= 11 is 0. The smallest absolute Gasteiger partial charge is 0.244 e. The van der Waals surface area contributed by atoms with E-state index in [1.165, 1.54) is 6.08 Å². The van der Waals surface area contributed by atoms with Crippen molar-refractivity contribution >= 4 is 12.0 Å². The number of nitrogens with zero attached hydrogens (tertiary/aromatic N) is 3. The molecule has 0 bridgehead atoms. The zero-order valence-corrected chi connectivity index (χ0v) is 13.5. The van der Waals surface area contributed by atoms with Crippen LogP contribution in [0, 0.1) is 0 Å². The highest BCUT2D eigenvalue weighted by Gasteiger charge is 2.07. The molecule has 2 aromatic heterocycles. The lowest BCUT2D eigenvalue weighted by Crippen LogP contribution is -2.26. The van der Waals surface area contributed by atoms with Crippen molar-refractivity contribution in [2.24, 2.45) is 0 Å². The van der Waals surface area contributed by atoms with E-state index in [1.54, 1.807) is 43.1 Å². The maximum atomic E-state index is 11.9. The average Bonchev–Trinajstić information content (AvgIpc) is 3.20. The standard InChI is InChI=1S/C19H18N4O2/c24-18(16-7-9-20-10-8-16)13-22-19(25)6-3-15-1-4-17(5-2-15)23-12-11-21-14-23/h1-12,14,18,24H,13H2,(H,22,25)/b6-3+. The van der Waals surface area contributed by atoms with Crippen LogP contribution in [0.5, 0.6) is 0 Å². The molecule has 3 aromatic rings. The fourth-order valence-electron chi connectivity index (χ4n) is 2.30. The fourth-order valence-corrected chi connectivity index (χ4v) is 2.30. The van der Waals surface area contributed by atoms with Crippen LogP contribution >= 0.6 is 0 Å². The van der Waals surface area contributed by atoms with Crippen LogP contribution in [0.3, 0.4) is 0 Å². The van der Waals surface area contributed by atoms with E-state index in [1.807, 2.05) is 35.0 Å². The number of aliphatic hydroxyl groups is 1. The van der Waals surface area contributed by atoms with Crippen LogP contribution in [0.1, 0.15) is 17.2 Å². The minimum atomic E-state index is -0.755. The number of benzene rings is 1. The third-order valence-electron chi connectivity index (χ3n) is 3.68. The van der Waals surface area contributed by atoms with Gasteiger partial charge in [0.1, 0.15) is 0 Å². The Morgan fingerprint density at radius 3 is 2.56 bits per heavy atom. The zero-order valence-electron chi connectivity index (χ0n) is 13.5. The number of rotatable bonds is 6. The molecule has 1 amide bonds. The number of pyridine rings is 1. The van der Waals surface area contributed by atoms with Crippen molar-refractivity contribution in [1.82, 2.24) is 19.9 Å². The topological polar surface area (TPSA) is 80.0 Å². The van der Waals surface area contributed by atoms with Gasteiger partial charge in [-0.15, -0.1) is 0 Å². The first kappa shape index (κ1) is 16.6. The number of carbonyl (C=O) groups excluding carboxylic acids is 1. The van der Waals surface area contributed by atoms with Gasteiger partial charge in [-0.3, -0.25) is 9.78 Å². The molecule has 0 saturated carbocycles. The fraction of sp³-hybridized carbons (Fsp3) is 0.105. The largest absolute Gasteiger partial charge is 0.387 e. The summed E-state index contributed by atoms with van der Waals surface area (Å²) in [5.41, 5.74) is 2.63. The van der Waals surface area contributed by atoms with Gasteiger partial charge in [0.05, 0.1) is 12.4 Å². The first-order valence-corrected chi connectivity index (χ1v) is 7.85. The first-order chi connectivity index (χ1) is 12.2. The SMILES string of the molecule is O=C(/C=C/c1ccc(-n2ccnc2)cc1)NCC(O)c1ccncc1. The van der Waals surface area contributed by atoms with Crippen LogP contribution in [-0.4, -0.2) is 32.1 Å². The summed E-state index contributed by atoms with van der Waals surface area (Å²) in [6.07, 6.45) is 10.9. The van der Waals surface area contributed by atoms with E-state index in [2.05, 4.69) is 15.3 Å². The summed E-state index contributed by atoms with van der Waals surface area (Å²) in [5.74, 6) is -0.258. The Kier molecular flexibility index (Phi) is 5.33. The van der Waals surface area contributed by atoms with Gasteiger partial charge in [-0.2, -0.15) is 0 Å². The van der Waals surface area contributed by atoms with Crippen LogP contribution in [0.2, 0.25) is 0 Å². The first-order valence-electron chi connectivity index (χ1n) is 7.85. The highest BCUT2D eigenvalue weighted by atomic mass is 16.3. The Labute approximate surface area is 145 Å². The van der Waals surface area contributed by atoms with E-state index in [0.29, 0.717) is 0 Å². The van der Waals surface area contributed by atoms with Crippen LogP contribution in [0.25, 0.3) is 11.8 Å². The van der Waals surface area contributed by atoms with Crippen molar-refractivity contribution < 1.29 is 9.90 Å². The second kappa shape index (κ2) is 8.03. The summed E-state index contributed by atoms with van der Waals surface area (Å²) < 4.78 is 1.90. The molecule has 0 aliphatic carbocycles. The maximum Gasteiger partial charge on any atom is 0.244 e. The quantitative estimate of drug-likeness (QED) is 0.677. The molecule has 0 aliphatic heterocycles. The second-order valence-corrected chi connectivity index (χ2v) is 5.44. The summed E-state index contributed by atoms with van der Waals surface area (Å²) in [4.78, 5) is 19.8. The third-order valence-corrected chi connectivity index (χ3v) is 3.68. The van der Waals surface area contributed by atoms with Crippen molar-refractivity contribution in [3.8, 4) is 5.69 Å². The van der Waals surface area contributed by atoms with E-state index in [4.69, 9.17) is 0 Å². The summed E-state index contributed by atoms with van der Waals surface area (Å²) in [6, 6.07) is 11.2. The van der Waals surface area contributed by atoms with E-state index in [-0.39, 0.29) is 12.5 Å². The van der Waals surface area contributed by atoms with Gasteiger partial charge in [0.25, 0.3) is 0 Å². The number of carbonyl (C=O) groups is 1. The Morgan fingerprint density at radius 2 is 1.88 bits per heavy atom.